The molecule has 3 aromatic heterocycles. The first-order valence-corrected chi connectivity index (χ1v) is 9.41. The summed E-state index contributed by atoms with van der Waals surface area (Å²) < 4.78 is 1.44. The second kappa shape index (κ2) is 6.48. The standard InChI is InChI=1S/C18H20N4O2S/c1-12-9-16-19-14(11-18(24)22(16)20-12)15-6-2-3-7-21(15)17(23)10-13-5-4-8-25-13/h4-5,8-9,11,15,20H,2-3,6-7,10H2,1H3/t15-/m1/s1. The van der Waals surface area contributed by atoms with Crippen molar-refractivity contribution in [1.29, 1.82) is 0 Å². The molecular weight excluding hydrogens is 336 g/mol. The Balaban J connectivity index is 1.66. The first kappa shape index (κ1) is 16.1. The van der Waals surface area contributed by atoms with Gasteiger partial charge in [0.1, 0.15) is 0 Å². The highest BCUT2D eigenvalue weighted by Gasteiger charge is 2.29. The number of carbonyl (C=O) groups is 1. The molecule has 1 atom stereocenters. The van der Waals surface area contributed by atoms with E-state index in [9.17, 15) is 9.59 Å². The summed E-state index contributed by atoms with van der Waals surface area (Å²) in [5.74, 6) is 0.111. The smallest absolute Gasteiger partial charge is 0.272 e. The van der Waals surface area contributed by atoms with Crippen LogP contribution in [-0.2, 0) is 11.2 Å². The molecule has 0 saturated carbocycles. The average molecular weight is 356 g/mol. The van der Waals surface area contributed by atoms with E-state index < -0.39 is 0 Å². The summed E-state index contributed by atoms with van der Waals surface area (Å²) in [5, 5.41) is 4.97. The van der Waals surface area contributed by atoms with Crippen molar-refractivity contribution in [2.24, 2.45) is 0 Å². The van der Waals surface area contributed by atoms with Gasteiger partial charge in [0.2, 0.25) is 5.91 Å². The molecule has 1 saturated heterocycles. The lowest BCUT2D eigenvalue weighted by atomic mass is 9.98. The normalized spacial score (nSPS) is 18.0. The van der Waals surface area contributed by atoms with Crippen LogP contribution in [0.3, 0.4) is 0 Å². The third-order valence-corrected chi connectivity index (χ3v) is 5.54. The minimum absolute atomic E-state index is 0.111. The van der Waals surface area contributed by atoms with Crippen LogP contribution < -0.4 is 5.56 Å². The minimum atomic E-state index is -0.135. The number of aryl methyl sites for hydroxylation is 1. The monoisotopic (exact) mass is 356 g/mol. The number of hydrogen-bond acceptors (Lipinski definition) is 4. The number of thiophene rings is 1. The van der Waals surface area contributed by atoms with E-state index in [1.165, 1.54) is 4.52 Å². The molecule has 25 heavy (non-hydrogen) atoms. The maximum atomic E-state index is 12.8. The summed E-state index contributed by atoms with van der Waals surface area (Å²) >= 11 is 1.60. The van der Waals surface area contributed by atoms with Crippen LogP contribution in [0, 0.1) is 6.92 Å². The summed E-state index contributed by atoms with van der Waals surface area (Å²) in [6.07, 6.45) is 3.30. The van der Waals surface area contributed by atoms with E-state index in [0.717, 1.165) is 36.4 Å². The molecule has 1 aliphatic rings. The zero-order chi connectivity index (χ0) is 17.4. The Hall–Kier alpha value is -2.41. The quantitative estimate of drug-likeness (QED) is 0.784. The lowest BCUT2D eigenvalue weighted by Crippen LogP contribution is -2.40. The van der Waals surface area contributed by atoms with Gasteiger partial charge in [0.25, 0.3) is 5.56 Å². The molecule has 1 fully saturated rings. The van der Waals surface area contributed by atoms with Crippen LogP contribution in [0.1, 0.15) is 41.6 Å². The Morgan fingerprint density at radius 1 is 1.40 bits per heavy atom. The molecule has 1 aliphatic heterocycles. The van der Waals surface area contributed by atoms with E-state index in [1.807, 2.05) is 35.4 Å². The van der Waals surface area contributed by atoms with Crippen molar-refractivity contribution in [2.45, 2.75) is 38.6 Å². The van der Waals surface area contributed by atoms with Gasteiger partial charge in [-0.05, 0) is 37.6 Å². The first-order chi connectivity index (χ1) is 12.1. The Kier molecular flexibility index (Phi) is 4.17. The molecule has 0 spiro atoms. The largest absolute Gasteiger partial charge is 0.334 e. The second-order valence-electron chi connectivity index (χ2n) is 6.51. The van der Waals surface area contributed by atoms with E-state index in [-0.39, 0.29) is 17.5 Å². The van der Waals surface area contributed by atoms with Crippen molar-refractivity contribution in [3.8, 4) is 0 Å². The van der Waals surface area contributed by atoms with Crippen molar-refractivity contribution in [1.82, 2.24) is 19.5 Å². The van der Waals surface area contributed by atoms with Crippen molar-refractivity contribution >= 4 is 22.9 Å². The molecule has 4 heterocycles. The van der Waals surface area contributed by atoms with E-state index in [2.05, 4.69) is 10.1 Å². The molecule has 0 aliphatic carbocycles. The SMILES string of the molecule is Cc1cc2nc([C@H]3CCCCN3C(=O)Cc3cccs3)cc(=O)n2[nH]1. The van der Waals surface area contributed by atoms with Crippen LogP contribution in [-0.4, -0.2) is 31.9 Å². The van der Waals surface area contributed by atoms with E-state index in [0.29, 0.717) is 17.8 Å². The number of amides is 1. The highest BCUT2D eigenvalue weighted by atomic mass is 32.1. The van der Waals surface area contributed by atoms with Crippen molar-refractivity contribution in [3.63, 3.8) is 0 Å². The van der Waals surface area contributed by atoms with Crippen LogP contribution in [0.25, 0.3) is 5.65 Å². The number of rotatable bonds is 3. The van der Waals surface area contributed by atoms with Gasteiger partial charge in [-0.2, -0.15) is 0 Å². The number of H-pyrrole nitrogens is 1. The molecule has 3 aromatic rings. The summed E-state index contributed by atoms with van der Waals surface area (Å²) in [6, 6.07) is 7.25. The number of aromatic nitrogens is 3. The third kappa shape index (κ3) is 3.11. The molecule has 0 bridgehead atoms. The number of hydrogen-bond donors (Lipinski definition) is 1. The van der Waals surface area contributed by atoms with Gasteiger partial charge in [0, 0.05) is 29.2 Å². The number of piperidine rings is 1. The minimum Gasteiger partial charge on any atom is -0.334 e. The molecule has 1 amide bonds. The van der Waals surface area contributed by atoms with E-state index in [1.54, 1.807) is 17.4 Å². The topological polar surface area (TPSA) is 70.5 Å². The zero-order valence-electron chi connectivity index (χ0n) is 14.1. The predicted octanol–water partition coefficient (Wildman–Crippen LogP) is 2.69. The summed E-state index contributed by atoms with van der Waals surface area (Å²) in [4.78, 5) is 32.8. The Labute approximate surface area is 149 Å². The number of fused-ring (bicyclic) bond motifs is 1. The molecule has 7 heteroatoms. The summed E-state index contributed by atoms with van der Waals surface area (Å²) in [5.41, 5.74) is 2.06. The lowest BCUT2D eigenvalue weighted by Gasteiger charge is -2.35. The molecule has 0 radical (unpaired) electrons. The van der Waals surface area contributed by atoms with Gasteiger partial charge in [0.15, 0.2) is 5.65 Å². The van der Waals surface area contributed by atoms with Crippen LogP contribution in [0.5, 0.6) is 0 Å². The predicted molar refractivity (Wildman–Crippen MR) is 96.9 cm³/mol. The van der Waals surface area contributed by atoms with Gasteiger partial charge in [-0.1, -0.05) is 6.07 Å². The molecule has 130 valence electrons. The maximum absolute atomic E-state index is 12.8. The van der Waals surface area contributed by atoms with Crippen molar-refractivity contribution in [2.75, 3.05) is 6.54 Å². The molecule has 4 rings (SSSR count). The fraction of sp³-hybridized carbons (Fsp3) is 0.389. The number of carbonyl (C=O) groups excluding carboxylic acids is 1. The van der Waals surface area contributed by atoms with Gasteiger partial charge in [-0.15, -0.1) is 11.3 Å². The zero-order valence-corrected chi connectivity index (χ0v) is 14.9. The van der Waals surface area contributed by atoms with E-state index >= 15 is 0 Å². The van der Waals surface area contributed by atoms with Crippen LogP contribution >= 0.6 is 11.3 Å². The Morgan fingerprint density at radius 2 is 2.28 bits per heavy atom. The number of nitrogens with zero attached hydrogens (tertiary/aromatic N) is 3. The Morgan fingerprint density at radius 3 is 3.08 bits per heavy atom. The number of aromatic amines is 1. The fourth-order valence-electron chi connectivity index (χ4n) is 3.50. The average Bonchev–Trinajstić information content (AvgIpc) is 3.23. The highest BCUT2D eigenvalue weighted by Crippen LogP contribution is 2.30. The van der Waals surface area contributed by atoms with Gasteiger partial charge in [-0.3, -0.25) is 14.7 Å². The van der Waals surface area contributed by atoms with Crippen LogP contribution in [0.2, 0.25) is 0 Å². The number of likely N-dealkylation sites (tertiary alicyclic amines) is 1. The summed E-state index contributed by atoms with van der Waals surface area (Å²) in [6.45, 7) is 2.62. The van der Waals surface area contributed by atoms with Crippen LogP contribution in [0.15, 0.2) is 34.4 Å². The fourth-order valence-corrected chi connectivity index (χ4v) is 4.20. The second-order valence-corrected chi connectivity index (χ2v) is 7.54. The molecule has 0 unspecified atom stereocenters. The van der Waals surface area contributed by atoms with Crippen molar-refractivity contribution < 1.29 is 4.79 Å². The third-order valence-electron chi connectivity index (χ3n) is 4.67. The molecular formula is C18H20N4O2S. The maximum Gasteiger partial charge on any atom is 0.272 e. The first-order valence-electron chi connectivity index (χ1n) is 8.53. The van der Waals surface area contributed by atoms with Gasteiger partial charge < -0.3 is 4.90 Å². The number of nitrogens with one attached hydrogen (secondary N) is 1. The Bertz CT molecular complexity index is 957. The van der Waals surface area contributed by atoms with Crippen LogP contribution in [0.4, 0.5) is 0 Å². The molecule has 0 aromatic carbocycles. The highest BCUT2D eigenvalue weighted by molar-refractivity contribution is 7.10. The van der Waals surface area contributed by atoms with Gasteiger partial charge in [0.05, 0.1) is 18.2 Å². The molecule has 1 N–H and O–H groups in total. The van der Waals surface area contributed by atoms with Crippen molar-refractivity contribution in [3.05, 3.63) is 56.3 Å². The van der Waals surface area contributed by atoms with Gasteiger partial charge in [-0.25, -0.2) is 9.50 Å². The summed E-state index contributed by atoms with van der Waals surface area (Å²) in [7, 11) is 0. The lowest BCUT2D eigenvalue weighted by molar-refractivity contribution is -0.134. The van der Waals surface area contributed by atoms with Gasteiger partial charge >= 0.3 is 0 Å². The van der Waals surface area contributed by atoms with E-state index in [4.69, 9.17) is 0 Å². The molecule has 6 nitrogen and oxygen atoms in total.